The molecule has 0 amide bonds. The third-order valence-electron chi connectivity index (χ3n) is 2.14. The summed E-state index contributed by atoms with van der Waals surface area (Å²) in [6.45, 7) is 0. The SMILES string of the molecule is Cn1ccc(C=C2CC(N)C2)n1. The Bertz CT molecular complexity index is 303. The van der Waals surface area contributed by atoms with Crippen LogP contribution < -0.4 is 5.73 Å². The highest BCUT2D eigenvalue weighted by molar-refractivity contribution is 5.50. The summed E-state index contributed by atoms with van der Waals surface area (Å²) in [5, 5.41) is 4.26. The van der Waals surface area contributed by atoms with Crippen molar-refractivity contribution in [3.63, 3.8) is 0 Å². The zero-order valence-corrected chi connectivity index (χ0v) is 7.20. The first-order valence-electron chi connectivity index (χ1n) is 4.19. The lowest BCUT2D eigenvalue weighted by atomic mass is 9.86. The summed E-state index contributed by atoms with van der Waals surface area (Å²) in [6.07, 6.45) is 6.15. The highest BCUT2D eigenvalue weighted by Crippen LogP contribution is 2.26. The van der Waals surface area contributed by atoms with Gasteiger partial charge in [-0.05, 0) is 25.0 Å². The van der Waals surface area contributed by atoms with Gasteiger partial charge in [0.1, 0.15) is 0 Å². The minimum absolute atomic E-state index is 0.389. The van der Waals surface area contributed by atoms with Gasteiger partial charge in [0.2, 0.25) is 0 Å². The molecule has 0 aliphatic heterocycles. The van der Waals surface area contributed by atoms with Crippen LogP contribution in [0, 0.1) is 0 Å². The van der Waals surface area contributed by atoms with Gasteiger partial charge in [-0.2, -0.15) is 5.10 Å². The van der Waals surface area contributed by atoms with E-state index in [1.165, 1.54) is 5.57 Å². The van der Waals surface area contributed by atoms with Crippen molar-refractivity contribution >= 4 is 6.08 Å². The Labute approximate surface area is 71.9 Å². The fraction of sp³-hybridized carbons (Fsp3) is 0.444. The van der Waals surface area contributed by atoms with Gasteiger partial charge in [-0.25, -0.2) is 0 Å². The molecule has 1 aliphatic rings. The van der Waals surface area contributed by atoms with Crippen molar-refractivity contribution < 1.29 is 0 Å². The summed E-state index contributed by atoms with van der Waals surface area (Å²) in [4.78, 5) is 0. The van der Waals surface area contributed by atoms with Gasteiger partial charge >= 0.3 is 0 Å². The van der Waals surface area contributed by atoms with E-state index in [1.54, 1.807) is 0 Å². The second-order valence-corrected chi connectivity index (χ2v) is 3.39. The van der Waals surface area contributed by atoms with Gasteiger partial charge in [0.15, 0.2) is 0 Å². The molecule has 3 nitrogen and oxygen atoms in total. The molecule has 2 rings (SSSR count). The van der Waals surface area contributed by atoms with Crippen molar-refractivity contribution in [1.29, 1.82) is 0 Å². The summed E-state index contributed by atoms with van der Waals surface area (Å²) < 4.78 is 1.81. The van der Waals surface area contributed by atoms with Gasteiger partial charge in [-0.3, -0.25) is 4.68 Å². The molecule has 64 valence electrons. The van der Waals surface area contributed by atoms with E-state index in [-0.39, 0.29) is 0 Å². The minimum Gasteiger partial charge on any atom is -0.327 e. The van der Waals surface area contributed by atoms with Gasteiger partial charge in [0.25, 0.3) is 0 Å². The maximum Gasteiger partial charge on any atom is 0.0850 e. The zero-order valence-electron chi connectivity index (χ0n) is 7.20. The van der Waals surface area contributed by atoms with Gasteiger partial charge in [-0.1, -0.05) is 5.57 Å². The second-order valence-electron chi connectivity index (χ2n) is 3.39. The lowest BCUT2D eigenvalue weighted by Crippen LogP contribution is -2.29. The van der Waals surface area contributed by atoms with Crippen LogP contribution in [0.5, 0.6) is 0 Å². The standard InChI is InChI=1S/C9H13N3/c1-12-3-2-9(11-12)6-7-4-8(10)5-7/h2-3,6,8H,4-5,10H2,1H3. The van der Waals surface area contributed by atoms with Crippen LogP contribution in [0.25, 0.3) is 6.08 Å². The molecule has 0 spiro atoms. The largest absolute Gasteiger partial charge is 0.327 e. The molecule has 1 aromatic heterocycles. The smallest absolute Gasteiger partial charge is 0.0850 e. The zero-order chi connectivity index (χ0) is 8.55. The topological polar surface area (TPSA) is 43.8 Å². The van der Waals surface area contributed by atoms with Crippen molar-refractivity contribution in [2.75, 3.05) is 0 Å². The van der Waals surface area contributed by atoms with E-state index < -0.39 is 0 Å². The molecule has 3 heteroatoms. The third-order valence-corrected chi connectivity index (χ3v) is 2.14. The van der Waals surface area contributed by atoms with Crippen LogP contribution in [0.15, 0.2) is 17.8 Å². The number of aromatic nitrogens is 2. The van der Waals surface area contributed by atoms with Crippen molar-refractivity contribution in [3.8, 4) is 0 Å². The van der Waals surface area contributed by atoms with Gasteiger partial charge in [0.05, 0.1) is 5.69 Å². The van der Waals surface area contributed by atoms with E-state index in [0.717, 1.165) is 18.5 Å². The van der Waals surface area contributed by atoms with E-state index in [2.05, 4.69) is 11.2 Å². The van der Waals surface area contributed by atoms with Crippen LogP contribution in [0.1, 0.15) is 18.5 Å². The lowest BCUT2D eigenvalue weighted by molar-refractivity contribution is 0.547. The molecule has 1 aliphatic carbocycles. The predicted molar refractivity (Wildman–Crippen MR) is 48.4 cm³/mol. The van der Waals surface area contributed by atoms with E-state index >= 15 is 0 Å². The number of rotatable bonds is 1. The summed E-state index contributed by atoms with van der Waals surface area (Å²) in [6, 6.07) is 2.40. The lowest BCUT2D eigenvalue weighted by Gasteiger charge is -2.24. The van der Waals surface area contributed by atoms with Crippen molar-refractivity contribution in [2.24, 2.45) is 12.8 Å². The van der Waals surface area contributed by atoms with Gasteiger partial charge < -0.3 is 5.73 Å². The quantitative estimate of drug-likeness (QED) is 0.669. The fourth-order valence-corrected chi connectivity index (χ4v) is 1.45. The maximum atomic E-state index is 5.66. The maximum absolute atomic E-state index is 5.66. The Morgan fingerprint density at radius 2 is 2.42 bits per heavy atom. The third kappa shape index (κ3) is 1.41. The number of hydrogen-bond donors (Lipinski definition) is 1. The van der Waals surface area contributed by atoms with E-state index in [1.807, 2.05) is 24.0 Å². The average molecular weight is 163 g/mol. The molecule has 1 fully saturated rings. The van der Waals surface area contributed by atoms with Crippen molar-refractivity contribution in [1.82, 2.24) is 9.78 Å². The van der Waals surface area contributed by atoms with E-state index in [4.69, 9.17) is 5.73 Å². The van der Waals surface area contributed by atoms with Crippen molar-refractivity contribution in [3.05, 3.63) is 23.5 Å². The summed E-state index contributed by atoms with van der Waals surface area (Å²) in [7, 11) is 1.93. The van der Waals surface area contributed by atoms with E-state index in [9.17, 15) is 0 Å². The monoisotopic (exact) mass is 163 g/mol. The van der Waals surface area contributed by atoms with Crippen LogP contribution >= 0.6 is 0 Å². The van der Waals surface area contributed by atoms with E-state index in [0.29, 0.717) is 6.04 Å². The molecular weight excluding hydrogens is 150 g/mol. The normalized spacial score (nSPS) is 22.2. The number of nitrogens with two attached hydrogens (primary N) is 1. The molecular formula is C9H13N3. The molecule has 1 heterocycles. The van der Waals surface area contributed by atoms with Crippen LogP contribution in [0.2, 0.25) is 0 Å². The number of aryl methyl sites for hydroxylation is 1. The van der Waals surface area contributed by atoms with Crippen LogP contribution in [-0.4, -0.2) is 15.8 Å². The molecule has 0 aromatic carbocycles. The van der Waals surface area contributed by atoms with Gasteiger partial charge in [-0.15, -0.1) is 0 Å². The minimum atomic E-state index is 0.389. The first-order valence-corrected chi connectivity index (χ1v) is 4.19. The predicted octanol–water partition coefficient (Wildman–Crippen LogP) is 0.925. The highest BCUT2D eigenvalue weighted by atomic mass is 15.2. The Morgan fingerprint density at radius 1 is 1.67 bits per heavy atom. The highest BCUT2D eigenvalue weighted by Gasteiger charge is 2.18. The summed E-state index contributed by atoms with van der Waals surface area (Å²) in [5.41, 5.74) is 8.12. The number of nitrogens with zero attached hydrogens (tertiary/aromatic N) is 2. The Hall–Kier alpha value is -1.09. The first kappa shape index (κ1) is 7.55. The average Bonchev–Trinajstić information content (AvgIpc) is 2.33. The first-order chi connectivity index (χ1) is 5.74. The van der Waals surface area contributed by atoms with Crippen molar-refractivity contribution in [2.45, 2.75) is 18.9 Å². The number of hydrogen-bond acceptors (Lipinski definition) is 2. The summed E-state index contributed by atoms with van der Waals surface area (Å²) >= 11 is 0. The molecule has 0 saturated heterocycles. The summed E-state index contributed by atoms with van der Waals surface area (Å²) in [5.74, 6) is 0. The van der Waals surface area contributed by atoms with Crippen LogP contribution in [0.3, 0.4) is 0 Å². The molecule has 1 saturated carbocycles. The molecule has 1 aromatic rings. The molecule has 12 heavy (non-hydrogen) atoms. The van der Waals surface area contributed by atoms with Crippen LogP contribution in [-0.2, 0) is 7.05 Å². The Kier molecular flexibility index (Phi) is 1.73. The van der Waals surface area contributed by atoms with Gasteiger partial charge in [0, 0.05) is 19.3 Å². The Morgan fingerprint density at radius 3 is 2.92 bits per heavy atom. The molecule has 0 unspecified atom stereocenters. The molecule has 0 bridgehead atoms. The second kappa shape index (κ2) is 2.75. The van der Waals surface area contributed by atoms with Crippen LogP contribution in [0.4, 0.5) is 0 Å². The fourth-order valence-electron chi connectivity index (χ4n) is 1.45. The molecule has 0 atom stereocenters. The Balaban J connectivity index is 2.08. The molecule has 2 N–H and O–H groups in total. The molecule has 0 radical (unpaired) electrons.